The van der Waals surface area contributed by atoms with E-state index in [1.165, 1.54) is 0 Å². The van der Waals surface area contributed by atoms with Crippen LogP contribution in [0, 0.1) is 0 Å². The lowest BCUT2D eigenvalue weighted by atomic mass is 10.4. The van der Waals surface area contributed by atoms with Crippen molar-refractivity contribution in [3.05, 3.63) is 24.2 Å². The minimum atomic E-state index is 0.592. The van der Waals surface area contributed by atoms with Crippen LogP contribution in [-0.4, -0.2) is 44.9 Å². The first-order valence-corrected chi connectivity index (χ1v) is 7.42. The molecule has 2 rings (SSSR count). The lowest BCUT2D eigenvalue weighted by Crippen LogP contribution is -2.27. The fourth-order valence-electron chi connectivity index (χ4n) is 2.30. The number of hydrogen-bond donors (Lipinski definition) is 0. The van der Waals surface area contributed by atoms with E-state index in [9.17, 15) is 0 Å². The molecule has 0 atom stereocenters. The van der Waals surface area contributed by atoms with Crippen LogP contribution in [0.5, 0.6) is 0 Å². The Hall–Kier alpha value is -1.13. The van der Waals surface area contributed by atoms with Gasteiger partial charge in [-0.3, -0.25) is 0 Å². The van der Waals surface area contributed by atoms with Crippen molar-refractivity contribution in [2.45, 2.75) is 26.8 Å². The monoisotopic (exact) mass is 280 g/mol. The molecule has 2 aromatic heterocycles. The number of aromatic nitrogens is 3. The highest BCUT2D eigenvalue weighted by Crippen LogP contribution is 2.14. The summed E-state index contributed by atoms with van der Waals surface area (Å²) in [6.45, 7) is 8.45. The smallest absolute Gasteiger partial charge is 0.160 e. The summed E-state index contributed by atoms with van der Waals surface area (Å²) >= 11 is 5.87. The molecule has 0 aliphatic rings. The van der Waals surface area contributed by atoms with Crippen molar-refractivity contribution >= 4 is 22.8 Å². The highest BCUT2D eigenvalue weighted by atomic mass is 35.5. The van der Waals surface area contributed by atoms with E-state index in [2.05, 4.69) is 33.3 Å². The molecule has 0 aliphatic carbocycles. The first kappa shape index (κ1) is 14.3. The van der Waals surface area contributed by atoms with Gasteiger partial charge >= 0.3 is 0 Å². The topological polar surface area (TPSA) is 34.0 Å². The maximum absolute atomic E-state index is 5.87. The molecule has 0 N–H and O–H groups in total. The second kappa shape index (κ2) is 6.87. The number of alkyl halides is 1. The summed E-state index contributed by atoms with van der Waals surface area (Å²) in [6, 6.07) is 3.93. The van der Waals surface area contributed by atoms with Crippen LogP contribution in [-0.2, 0) is 13.0 Å². The van der Waals surface area contributed by atoms with E-state index in [-0.39, 0.29) is 0 Å². The molecule has 2 aromatic rings. The minimum absolute atomic E-state index is 0.592. The molecule has 0 bridgehead atoms. The van der Waals surface area contributed by atoms with Gasteiger partial charge in [0.25, 0.3) is 0 Å². The van der Waals surface area contributed by atoms with Crippen LogP contribution in [0.4, 0.5) is 0 Å². The Labute approximate surface area is 119 Å². The first-order valence-electron chi connectivity index (χ1n) is 6.88. The lowest BCUT2D eigenvalue weighted by Gasteiger charge is -2.19. The fraction of sp³-hybridized carbons (Fsp3) is 0.571. The highest BCUT2D eigenvalue weighted by Gasteiger charge is 2.11. The van der Waals surface area contributed by atoms with Crippen LogP contribution in [0.1, 0.15) is 19.7 Å². The first-order chi connectivity index (χ1) is 9.30. The zero-order valence-electron chi connectivity index (χ0n) is 11.6. The van der Waals surface area contributed by atoms with E-state index >= 15 is 0 Å². The van der Waals surface area contributed by atoms with Gasteiger partial charge in [0.15, 0.2) is 5.65 Å². The second-order valence-electron chi connectivity index (χ2n) is 4.49. The fourth-order valence-corrected chi connectivity index (χ4v) is 2.47. The van der Waals surface area contributed by atoms with E-state index in [0.717, 1.165) is 49.6 Å². The average molecular weight is 281 g/mol. The molecule has 0 saturated carbocycles. The van der Waals surface area contributed by atoms with Gasteiger partial charge in [-0.15, -0.1) is 11.6 Å². The molecular formula is C14H21ClN4. The van der Waals surface area contributed by atoms with Gasteiger partial charge in [0.05, 0.1) is 0 Å². The van der Waals surface area contributed by atoms with Gasteiger partial charge in [-0.1, -0.05) is 13.8 Å². The molecule has 5 heteroatoms. The predicted molar refractivity (Wildman–Crippen MR) is 79.7 cm³/mol. The molecular weight excluding hydrogens is 260 g/mol. The molecule has 19 heavy (non-hydrogen) atoms. The predicted octanol–water partition coefficient (Wildman–Crippen LogP) is 2.55. The summed E-state index contributed by atoms with van der Waals surface area (Å²) in [7, 11) is 0. The maximum atomic E-state index is 5.87. The standard InChI is InChI=1S/C14H21ClN4/c1-3-18(4-2)10-11-19-13(7-8-15)17-12-6-5-9-16-14(12)19/h5-6,9H,3-4,7-8,10-11H2,1-2H3. The molecule has 0 fully saturated rings. The zero-order chi connectivity index (χ0) is 13.7. The van der Waals surface area contributed by atoms with Gasteiger partial charge in [-0.05, 0) is 25.2 Å². The van der Waals surface area contributed by atoms with Crippen LogP contribution in [0.2, 0.25) is 0 Å². The highest BCUT2D eigenvalue weighted by molar-refractivity contribution is 6.17. The third-order valence-electron chi connectivity index (χ3n) is 3.44. The number of likely N-dealkylation sites (N-methyl/N-ethyl adjacent to an activating group) is 1. The number of hydrogen-bond acceptors (Lipinski definition) is 3. The van der Waals surface area contributed by atoms with E-state index in [0.29, 0.717) is 5.88 Å². The normalized spacial score (nSPS) is 11.6. The summed E-state index contributed by atoms with van der Waals surface area (Å²) in [5, 5.41) is 0. The van der Waals surface area contributed by atoms with Gasteiger partial charge in [-0.25, -0.2) is 9.97 Å². The number of fused-ring (bicyclic) bond motifs is 1. The SMILES string of the molecule is CCN(CC)CCn1c(CCCl)nc2cccnc21. The molecule has 0 aromatic carbocycles. The number of imidazole rings is 1. The van der Waals surface area contributed by atoms with E-state index in [4.69, 9.17) is 11.6 Å². The van der Waals surface area contributed by atoms with Gasteiger partial charge in [0, 0.05) is 31.6 Å². The van der Waals surface area contributed by atoms with Crippen molar-refractivity contribution in [3.63, 3.8) is 0 Å². The Kier molecular flexibility index (Phi) is 5.16. The van der Waals surface area contributed by atoms with Crippen LogP contribution < -0.4 is 0 Å². The lowest BCUT2D eigenvalue weighted by molar-refractivity contribution is 0.290. The summed E-state index contributed by atoms with van der Waals surface area (Å²) in [4.78, 5) is 11.5. The molecule has 0 saturated heterocycles. The van der Waals surface area contributed by atoms with Crippen molar-refractivity contribution in [2.75, 3.05) is 25.5 Å². The largest absolute Gasteiger partial charge is 0.311 e. The number of pyridine rings is 1. The summed E-state index contributed by atoms with van der Waals surface area (Å²) < 4.78 is 2.20. The average Bonchev–Trinajstić information content (AvgIpc) is 2.78. The van der Waals surface area contributed by atoms with Crippen LogP contribution in [0.3, 0.4) is 0 Å². The zero-order valence-corrected chi connectivity index (χ0v) is 12.4. The van der Waals surface area contributed by atoms with Crippen LogP contribution in [0.25, 0.3) is 11.2 Å². The van der Waals surface area contributed by atoms with Crippen molar-refractivity contribution in [1.29, 1.82) is 0 Å². The third kappa shape index (κ3) is 3.25. The van der Waals surface area contributed by atoms with E-state index in [1.807, 2.05) is 18.3 Å². The van der Waals surface area contributed by atoms with Crippen molar-refractivity contribution in [2.24, 2.45) is 0 Å². The molecule has 4 nitrogen and oxygen atoms in total. The Morgan fingerprint density at radius 1 is 1.32 bits per heavy atom. The summed E-state index contributed by atoms with van der Waals surface area (Å²) in [6.07, 6.45) is 2.61. The molecule has 0 aliphatic heterocycles. The Morgan fingerprint density at radius 3 is 2.79 bits per heavy atom. The molecule has 104 valence electrons. The number of nitrogens with zero attached hydrogens (tertiary/aromatic N) is 4. The summed E-state index contributed by atoms with van der Waals surface area (Å²) in [5.41, 5.74) is 1.93. The second-order valence-corrected chi connectivity index (χ2v) is 4.87. The van der Waals surface area contributed by atoms with Crippen LogP contribution in [0.15, 0.2) is 18.3 Å². The van der Waals surface area contributed by atoms with Gasteiger partial charge in [0.2, 0.25) is 0 Å². The maximum Gasteiger partial charge on any atom is 0.160 e. The molecule has 0 radical (unpaired) electrons. The third-order valence-corrected chi connectivity index (χ3v) is 3.62. The molecule has 0 unspecified atom stereocenters. The quantitative estimate of drug-likeness (QED) is 0.731. The minimum Gasteiger partial charge on any atom is -0.311 e. The Bertz CT molecular complexity index is 519. The number of aryl methyl sites for hydroxylation is 1. The van der Waals surface area contributed by atoms with E-state index in [1.54, 1.807) is 0 Å². The van der Waals surface area contributed by atoms with Crippen molar-refractivity contribution in [3.8, 4) is 0 Å². The molecule has 0 spiro atoms. The summed E-state index contributed by atoms with van der Waals surface area (Å²) in [5.74, 6) is 1.63. The molecule has 0 amide bonds. The molecule has 2 heterocycles. The Morgan fingerprint density at radius 2 is 2.11 bits per heavy atom. The van der Waals surface area contributed by atoms with Gasteiger partial charge < -0.3 is 9.47 Å². The van der Waals surface area contributed by atoms with Crippen molar-refractivity contribution < 1.29 is 0 Å². The number of rotatable bonds is 7. The van der Waals surface area contributed by atoms with Gasteiger partial charge in [0.1, 0.15) is 11.3 Å². The van der Waals surface area contributed by atoms with Gasteiger partial charge in [-0.2, -0.15) is 0 Å². The van der Waals surface area contributed by atoms with E-state index < -0.39 is 0 Å². The Balaban J connectivity index is 2.25. The van der Waals surface area contributed by atoms with Crippen molar-refractivity contribution in [1.82, 2.24) is 19.4 Å². The number of halogens is 1. The van der Waals surface area contributed by atoms with Crippen LogP contribution >= 0.6 is 11.6 Å².